The van der Waals surface area contributed by atoms with Gasteiger partial charge in [-0.2, -0.15) is 0 Å². The number of ether oxygens (including phenoxy) is 1. The first-order valence-corrected chi connectivity index (χ1v) is 41.8. The van der Waals surface area contributed by atoms with Crippen LogP contribution in [0.5, 0.6) is 0 Å². The second-order valence-corrected chi connectivity index (χ2v) is 28.8. The summed E-state index contributed by atoms with van der Waals surface area (Å²) in [4.78, 5) is 24.7. The lowest BCUT2D eigenvalue weighted by Gasteiger charge is -2.20. The third-order valence-corrected chi connectivity index (χ3v) is 19.7. The fraction of sp³-hybridized carbons (Fsp3) is 0.906. The van der Waals surface area contributed by atoms with Gasteiger partial charge in [0.05, 0.1) is 25.4 Å². The molecule has 1 amide bonds. The molecular weight excluding hydrogens is 1110 g/mol. The summed E-state index contributed by atoms with van der Waals surface area (Å²) in [5.41, 5.74) is 0. The van der Waals surface area contributed by atoms with Gasteiger partial charge in [-0.3, -0.25) is 9.59 Å². The van der Waals surface area contributed by atoms with Crippen LogP contribution in [-0.2, 0) is 14.3 Å². The van der Waals surface area contributed by atoms with Crippen molar-refractivity contribution in [3.63, 3.8) is 0 Å². The lowest BCUT2D eigenvalue weighted by Crippen LogP contribution is -2.45. The van der Waals surface area contributed by atoms with E-state index in [9.17, 15) is 19.8 Å². The molecule has 0 aromatic carbocycles. The molecule has 0 aliphatic heterocycles. The summed E-state index contributed by atoms with van der Waals surface area (Å²) < 4.78 is 5.51. The molecule has 0 saturated heterocycles. The molecule has 6 heteroatoms. The van der Waals surface area contributed by atoms with Gasteiger partial charge in [-0.25, -0.2) is 0 Å². The lowest BCUT2D eigenvalue weighted by atomic mass is 10.0. The summed E-state index contributed by atoms with van der Waals surface area (Å²) in [5.74, 6) is -0.0424. The third kappa shape index (κ3) is 77.0. The van der Waals surface area contributed by atoms with Crippen LogP contribution in [0.25, 0.3) is 0 Å². The van der Waals surface area contributed by atoms with E-state index in [1.54, 1.807) is 6.08 Å². The highest BCUT2D eigenvalue weighted by molar-refractivity contribution is 5.76. The summed E-state index contributed by atoms with van der Waals surface area (Å²) >= 11 is 0. The number of allylic oxidation sites excluding steroid dienone is 5. The van der Waals surface area contributed by atoms with Gasteiger partial charge >= 0.3 is 5.97 Å². The number of nitrogens with one attached hydrogen (secondary N) is 1. The van der Waals surface area contributed by atoms with E-state index in [4.69, 9.17) is 4.74 Å². The van der Waals surface area contributed by atoms with Crippen molar-refractivity contribution < 1.29 is 24.5 Å². The molecule has 0 aliphatic carbocycles. The van der Waals surface area contributed by atoms with Crippen molar-refractivity contribution in [2.75, 3.05) is 13.2 Å². The van der Waals surface area contributed by atoms with E-state index < -0.39 is 12.1 Å². The zero-order chi connectivity index (χ0) is 65.6. The van der Waals surface area contributed by atoms with E-state index in [2.05, 4.69) is 43.5 Å². The molecule has 0 aromatic rings. The zero-order valence-corrected chi connectivity index (χ0v) is 61.9. The number of carbonyl (C=O) groups excluding carboxylic acids is 2. The van der Waals surface area contributed by atoms with Crippen molar-refractivity contribution in [2.45, 2.75) is 482 Å². The molecule has 0 spiro atoms. The molecule has 0 bridgehead atoms. The highest BCUT2D eigenvalue weighted by Gasteiger charge is 2.18. The monoisotopic (exact) mass is 1280 g/mol. The molecule has 91 heavy (non-hydrogen) atoms. The van der Waals surface area contributed by atoms with Crippen LogP contribution in [-0.4, -0.2) is 47.4 Å². The molecule has 0 radical (unpaired) electrons. The number of carbonyl (C=O) groups is 2. The maximum Gasteiger partial charge on any atom is 0.305 e. The largest absolute Gasteiger partial charge is 0.466 e. The van der Waals surface area contributed by atoms with Crippen molar-refractivity contribution in [3.8, 4) is 0 Å². The van der Waals surface area contributed by atoms with Gasteiger partial charge in [-0.15, -0.1) is 0 Å². The summed E-state index contributed by atoms with van der Waals surface area (Å²) in [6.45, 7) is 4.96. The second-order valence-electron chi connectivity index (χ2n) is 28.8. The van der Waals surface area contributed by atoms with Crippen LogP contribution in [0, 0.1) is 0 Å². The van der Waals surface area contributed by atoms with Gasteiger partial charge in [0.2, 0.25) is 5.91 Å². The maximum atomic E-state index is 12.6. The number of esters is 1. The third-order valence-electron chi connectivity index (χ3n) is 19.7. The highest BCUT2D eigenvalue weighted by Crippen LogP contribution is 2.20. The van der Waals surface area contributed by atoms with Crippen LogP contribution in [0.4, 0.5) is 0 Å². The maximum absolute atomic E-state index is 12.6. The van der Waals surface area contributed by atoms with E-state index >= 15 is 0 Å². The van der Waals surface area contributed by atoms with Crippen molar-refractivity contribution in [3.05, 3.63) is 36.5 Å². The average molecular weight is 1280 g/mol. The van der Waals surface area contributed by atoms with E-state index in [1.165, 1.54) is 398 Å². The molecule has 0 fully saturated rings. The first-order chi connectivity index (χ1) is 45.0. The Bertz CT molecular complexity index is 1470. The Morgan fingerprint density at radius 3 is 0.835 bits per heavy atom. The predicted molar refractivity (Wildman–Crippen MR) is 403 cm³/mol. The zero-order valence-electron chi connectivity index (χ0n) is 61.9. The molecule has 0 aromatic heterocycles. The van der Waals surface area contributed by atoms with Gasteiger partial charge in [-0.05, 0) is 64.2 Å². The van der Waals surface area contributed by atoms with Crippen molar-refractivity contribution >= 4 is 11.9 Å². The number of hydrogen-bond donors (Lipinski definition) is 3. The Balaban J connectivity index is 3.39. The minimum absolute atomic E-state index is 0.0183. The summed E-state index contributed by atoms with van der Waals surface area (Å²) in [7, 11) is 0. The Morgan fingerprint density at radius 1 is 0.308 bits per heavy atom. The Hall–Kier alpha value is -1.92. The summed E-state index contributed by atoms with van der Waals surface area (Å²) in [5, 5.41) is 23.3. The standard InChI is InChI=1S/C85H163NO5/c1-3-5-7-9-11-13-15-17-19-21-22-23-24-34-37-40-43-46-49-53-57-61-65-69-73-77-83(88)82(81-87)86-84(89)78-74-70-66-62-58-54-50-47-44-41-38-35-32-30-28-26-25-27-29-31-33-36-39-42-45-48-52-56-60-64-68-72-76-80-91-85(90)79-75-71-67-63-59-55-51-20-18-16-14-12-10-8-6-4-2/h29,31,36,39,73,77,82-83,87-88H,3-28,30,32-35,37-38,40-72,74-76,78-81H2,1-2H3,(H,86,89)/b31-29-,39-36-,77-73+. The van der Waals surface area contributed by atoms with Crippen LogP contribution in [0.15, 0.2) is 36.5 Å². The number of hydrogen-bond acceptors (Lipinski definition) is 5. The molecule has 0 aliphatic rings. The fourth-order valence-corrected chi connectivity index (χ4v) is 13.3. The smallest absolute Gasteiger partial charge is 0.305 e. The van der Waals surface area contributed by atoms with Crippen LogP contribution < -0.4 is 5.32 Å². The normalized spacial score (nSPS) is 12.6. The molecule has 2 unspecified atom stereocenters. The van der Waals surface area contributed by atoms with Crippen LogP contribution >= 0.6 is 0 Å². The number of amides is 1. The number of rotatable bonds is 79. The van der Waals surface area contributed by atoms with Gasteiger partial charge in [-0.1, -0.05) is 429 Å². The fourth-order valence-electron chi connectivity index (χ4n) is 13.3. The van der Waals surface area contributed by atoms with Crippen LogP contribution in [0.2, 0.25) is 0 Å². The molecule has 0 heterocycles. The van der Waals surface area contributed by atoms with Gasteiger partial charge in [0, 0.05) is 12.8 Å². The summed E-state index contributed by atoms with van der Waals surface area (Å²) in [6.07, 6.45) is 106. The highest BCUT2D eigenvalue weighted by atomic mass is 16.5. The Labute approximate surface area is 570 Å². The summed E-state index contributed by atoms with van der Waals surface area (Å²) in [6, 6.07) is -0.628. The lowest BCUT2D eigenvalue weighted by molar-refractivity contribution is -0.143. The van der Waals surface area contributed by atoms with Gasteiger partial charge in [0.1, 0.15) is 0 Å². The molecule has 0 saturated carbocycles. The Kier molecular flexibility index (Phi) is 78.8. The van der Waals surface area contributed by atoms with Crippen molar-refractivity contribution in [1.82, 2.24) is 5.32 Å². The van der Waals surface area contributed by atoms with E-state index in [0.717, 1.165) is 44.9 Å². The second kappa shape index (κ2) is 80.5. The van der Waals surface area contributed by atoms with Crippen molar-refractivity contribution in [2.24, 2.45) is 0 Å². The van der Waals surface area contributed by atoms with Gasteiger partial charge in [0.15, 0.2) is 0 Å². The molecule has 538 valence electrons. The molecular formula is C85H163NO5. The van der Waals surface area contributed by atoms with E-state index in [1.807, 2.05) is 6.08 Å². The SMILES string of the molecule is CCCCCCCCCCCCCCCCCCCCCCCCC/C=C/C(O)C(CO)NC(=O)CCCCCCCCCCCCCCCCCCC/C=C\C/C=C\CCCCCCCCCCCOC(=O)CCCCCCCCCCCCCCCCCC. The van der Waals surface area contributed by atoms with Crippen LogP contribution in [0.3, 0.4) is 0 Å². The molecule has 0 rings (SSSR count). The van der Waals surface area contributed by atoms with Crippen LogP contribution in [0.1, 0.15) is 470 Å². The topological polar surface area (TPSA) is 95.9 Å². The Morgan fingerprint density at radius 2 is 0.549 bits per heavy atom. The van der Waals surface area contributed by atoms with E-state index in [0.29, 0.717) is 19.4 Å². The number of aliphatic hydroxyl groups is 2. The molecule has 2 atom stereocenters. The molecule has 3 N–H and O–H groups in total. The van der Waals surface area contributed by atoms with Gasteiger partial charge in [0.25, 0.3) is 0 Å². The average Bonchev–Trinajstić information content (AvgIpc) is 3.58. The first-order valence-electron chi connectivity index (χ1n) is 41.8. The van der Waals surface area contributed by atoms with Crippen molar-refractivity contribution in [1.29, 1.82) is 0 Å². The number of aliphatic hydroxyl groups excluding tert-OH is 2. The minimum atomic E-state index is -0.845. The minimum Gasteiger partial charge on any atom is -0.466 e. The first kappa shape index (κ1) is 89.1. The van der Waals surface area contributed by atoms with E-state index in [-0.39, 0.29) is 18.5 Å². The predicted octanol–water partition coefficient (Wildman–Crippen LogP) is 27.8. The van der Waals surface area contributed by atoms with Gasteiger partial charge < -0.3 is 20.3 Å². The quantitative estimate of drug-likeness (QED) is 0.0320. The number of unbranched alkanes of at least 4 members (excludes halogenated alkanes) is 64. The molecule has 6 nitrogen and oxygen atoms in total.